The van der Waals surface area contributed by atoms with Crippen molar-refractivity contribution in [2.75, 3.05) is 27.3 Å². The van der Waals surface area contributed by atoms with Crippen molar-refractivity contribution in [3.63, 3.8) is 0 Å². The topological polar surface area (TPSA) is 60.9 Å². The number of nitrogens with zero attached hydrogens (tertiary/aromatic N) is 2. The summed E-state index contributed by atoms with van der Waals surface area (Å²) in [5, 5.41) is 0. The van der Waals surface area contributed by atoms with E-state index in [0.29, 0.717) is 31.8 Å². The van der Waals surface area contributed by atoms with Crippen LogP contribution in [-0.4, -0.2) is 54.5 Å². The zero-order chi connectivity index (χ0) is 18.5. The van der Waals surface area contributed by atoms with Gasteiger partial charge < -0.3 is 19.1 Å². The van der Waals surface area contributed by atoms with Gasteiger partial charge in [0.15, 0.2) is 0 Å². The van der Waals surface area contributed by atoms with Gasteiger partial charge in [0.1, 0.15) is 11.2 Å². The maximum Gasteiger partial charge on any atom is 0.410 e. The molecule has 2 heterocycles. The Hall–Kier alpha value is -2.26. The molecule has 1 amide bonds. The lowest BCUT2D eigenvalue weighted by Crippen LogP contribution is -2.48. The average Bonchev–Trinajstić information content (AvgIpc) is 2.59. The van der Waals surface area contributed by atoms with Crippen molar-refractivity contribution in [1.82, 2.24) is 9.88 Å². The molecule has 0 radical (unpaired) electrons. The average molecular weight is 346 g/mol. The lowest BCUT2D eigenvalue weighted by Gasteiger charge is -2.38. The Balaban J connectivity index is 2.01. The molecule has 0 spiro atoms. The molecule has 0 saturated carbocycles. The molecule has 1 aliphatic rings. The van der Waals surface area contributed by atoms with Gasteiger partial charge in [0, 0.05) is 50.9 Å². The number of piperidine rings is 1. The van der Waals surface area contributed by atoms with Crippen LogP contribution in [0.15, 0.2) is 18.3 Å². The van der Waals surface area contributed by atoms with Crippen LogP contribution in [0.4, 0.5) is 4.79 Å². The Labute approximate surface area is 149 Å². The van der Waals surface area contributed by atoms with Crippen LogP contribution in [0.3, 0.4) is 0 Å². The minimum Gasteiger partial charge on any atom is -0.481 e. The number of hydrogen-bond acceptors (Lipinski definition) is 5. The minimum absolute atomic E-state index is 0.287. The Morgan fingerprint density at radius 2 is 1.92 bits per heavy atom. The van der Waals surface area contributed by atoms with Crippen LogP contribution in [0.5, 0.6) is 5.88 Å². The van der Waals surface area contributed by atoms with Crippen molar-refractivity contribution in [1.29, 1.82) is 0 Å². The molecule has 1 saturated heterocycles. The highest BCUT2D eigenvalue weighted by Gasteiger charge is 2.36. The Bertz CT molecular complexity index is 645. The van der Waals surface area contributed by atoms with Crippen molar-refractivity contribution in [3.8, 4) is 17.7 Å². The van der Waals surface area contributed by atoms with E-state index in [0.717, 1.165) is 5.56 Å². The number of hydrogen-bond donors (Lipinski definition) is 0. The highest BCUT2D eigenvalue weighted by Crippen LogP contribution is 2.26. The van der Waals surface area contributed by atoms with E-state index in [2.05, 4.69) is 16.8 Å². The predicted molar refractivity (Wildman–Crippen MR) is 94.4 cm³/mol. The number of methoxy groups -OCH3 is 2. The number of ether oxygens (including phenoxy) is 3. The molecule has 0 unspecified atom stereocenters. The third-order valence-electron chi connectivity index (χ3n) is 3.99. The van der Waals surface area contributed by atoms with Crippen LogP contribution in [0.25, 0.3) is 0 Å². The fourth-order valence-corrected chi connectivity index (χ4v) is 2.52. The SMILES string of the molecule is COc1ccc(C#CC2(OC)CCN(C(=O)OC(C)(C)C)CC2)cn1. The van der Waals surface area contributed by atoms with Crippen LogP contribution in [0.1, 0.15) is 39.2 Å². The number of pyridine rings is 1. The molecule has 0 aromatic carbocycles. The fourth-order valence-electron chi connectivity index (χ4n) is 2.52. The highest BCUT2D eigenvalue weighted by molar-refractivity contribution is 5.68. The molecule has 0 atom stereocenters. The summed E-state index contributed by atoms with van der Waals surface area (Å²) in [5.74, 6) is 6.88. The van der Waals surface area contributed by atoms with Crippen molar-refractivity contribution >= 4 is 6.09 Å². The number of carbonyl (C=O) groups excluding carboxylic acids is 1. The second-order valence-corrected chi connectivity index (χ2v) is 7.01. The summed E-state index contributed by atoms with van der Waals surface area (Å²) in [5.41, 5.74) is -0.251. The van der Waals surface area contributed by atoms with Gasteiger partial charge in [-0.2, -0.15) is 0 Å². The maximum atomic E-state index is 12.2. The van der Waals surface area contributed by atoms with E-state index >= 15 is 0 Å². The van der Waals surface area contributed by atoms with E-state index in [4.69, 9.17) is 14.2 Å². The Kier molecular flexibility index (Phi) is 5.91. The zero-order valence-electron chi connectivity index (χ0n) is 15.6. The second-order valence-electron chi connectivity index (χ2n) is 7.01. The van der Waals surface area contributed by atoms with Gasteiger partial charge in [-0.1, -0.05) is 11.8 Å². The minimum atomic E-state index is -0.557. The van der Waals surface area contributed by atoms with Crippen LogP contribution < -0.4 is 4.74 Å². The van der Waals surface area contributed by atoms with Gasteiger partial charge in [-0.15, -0.1) is 0 Å². The molecule has 1 aromatic heterocycles. The number of aromatic nitrogens is 1. The Morgan fingerprint density at radius 1 is 1.24 bits per heavy atom. The smallest absolute Gasteiger partial charge is 0.410 e. The molecule has 0 aliphatic carbocycles. The fraction of sp³-hybridized carbons (Fsp3) is 0.579. The van der Waals surface area contributed by atoms with Gasteiger partial charge in [-0.25, -0.2) is 9.78 Å². The lowest BCUT2D eigenvalue weighted by molar-refractivity contribution is -0.0251. The molecular weight excluding hydrogens is 320 g/mol. The van der Waals surface area contributed by atoms with Crippen LogP contribution in [0, 0.1) is 11.8 Å². The summed E-state index contributed by atoms with van der Waals surface area (Å²) >= 11 is 0. The summed E-state index contributed by atoms with van der Waals surface area (Å²) in [6.45, 7) is 6.70. The van der Waals surface area contributed by atoms with Gasteiger partial charge in [0.05, 0.1) is 7.11 Å². The third kappa shape index (κ3) is 5.36. The zero-order valence-corrected chi connectivity index (χ0v) is 15.6. The Morgan fingerprint density at radius 3 is 2.40 bits per heavy atom. The monoisotopic (exact) mass is 346 g/mol. The molecule has 2 rings (SSSR count). The van der Waals surface area contributed by atoms with Gasteiger partial charge in [-0.05, 0) is 26.8 Å². The number of rotatable bonds is 2. The lowest BCUT2D eigenvalue weighted by atomic mass is 9.91. The van der Waals surface area contributed by atoms with E-state index in [1.807, 2.05) is 26.8 Å². The normalized spacial score (nSPS) is 16.6. The van der Waals surface area contributed by atoms with E-state index < -0.39 is 11.2 Å². The third-order valence-corrected chi connectivity index (χ3v) is 3.99. The van der Waals surface area contributed by atoms with E-state index in [1.165, 1.54) is 0 Å². The first kappa shape index (κ1) is 19.1. The van der Waals surface area contributed by atoms with Crippen LogP contribution in [0.2, 0.25) is 0 Å². The van der Waals surface area contributed by atoms with Gasteiger partial charge in [-0.3, -0.25) is 0 Å². The van der Waals surface area contributed by atoms with Crippen molar-refractivity contribution in [3.05, 3.63) is 23.9 Å². The van der Waals surface area contributed by atoms with Crippen molar-refractivity contribution in [2.45, 2.75) is 44.8 Å². The molecule has 136 valence electrons. The highest BCUT2D eigenvalue weighted by atomic mass is 16.6. The second kappa shape index (κ2) is 7.75. The molecule has 25 heavy (non-hydrogen) atoms. The van der Waals surface area contributed by atoms with Gasteiger partial charge in [0.2, 0.25) is 5.88 Å². The van der Waals surface area contributed by atoms with Gasteiger partial charge >= 0.3 is 6.09 Å². The molecule has 0 N–H and O–H groups in total. The summed E-state index contributed by atoms with van der Waals surface area (Å²) in [7, 11) is 3.23. The first-order valence-electron chi connectivity index (χ1n) is 8.33. The molecule has 6 nitrogen and oxygen atoms in total. The van der Waals surface area contributed by atoms with Crippen LogP contribution >= 0.6 is 0 Å². The number of amides is 1. The van der Waals surface area contributed by atoms with Crippen molar-refractivity contribution in [2.24, 2.45) is 0 Å². The quantitative estimate of drug-likeness (QED) is 0.771. The van der Waals surface area contributed by atoms with Crippen molar-refractivity contribution < 1.29 is 19.0 Å². The predicted octanol–water partition coefficient (Wildman–Crippen LogP) is 2.86. The summed E-state index contributed by atoms with van der Waals surface area (Å²) < 4.78 is 16.1. The van der Waals surface area contributed by atoms with E-state index in [-0.39, 0.29) is 6.09 Å². The van der Waals surface area contributed by atoms with E-state index in [1.54, 1.807) is 31.4 Å². The molecule has 1 fully saturated rings. The summed E-state index contributed by atoms with van der Waals surface area (Å²) in [4.78, 5) is 18.0. The molecule has 6 heteroatoms. The first-order valence-corrected chi connectivity index (χ1v) is 8.33. The maximum absolute atomic E-state index is 12.2. The van der Waals surface area contributed by atoms with E-state index in [9.17, 15) is 4.79 Å². The number of carbonyl (C=O) groups is 1. The van der Waals surface area contributed by atoms with Crippen LogP contribution in [-0.2, 0) is 9.47 Å². The molecular formula is C19H26N2O4. The van der Waals surface area contributed by atoms with Gasteiger partial charge in [0.25, 0.3) is 0 Å². The molecule has 1 aliphatic heterocycles. The molecule has 1 aromatic rings. The summed E-state index contributed by atoms with van der Waals surface area (Å²) in [6, 6.07) is 3.63. The number of likely N-dealkylation sites (tertiary alicyclic amines) is 1. The largest absolute Gasteiger partial charge is 0.481 e. The summed E-state index contributed by atoms with van der Waals surface area (Å²) in [6.07, 6.45) is 2.66. The standard InChI is InChI=1S/C19H26N2O4/c1-18(2,3)25-17(22)21-12-10-19(24-5,11-13-21)9-8-15-6-7-16(23-4)20-14-15/h6-7,14H,10-13H2,1-5H3. The first-order chi connectivity index (χ1) is 11.8. The molecule has 0 bridgehead atoms.